The van der Waals surface area contributed by atoms with Crippen molar-refractivity contribution >= 4 is 32.3 Å². The summed E-state index contributed by atoms with van der Waals surface area (Å²) >= 11 is 0. The lowest BCUT2D eigenvalue weighted by Crippen LogP contribution is -1.97. The van der Waals surface area contributed by atoms with Crippen molar-refractivity contribution in [2.45, 2.75) is 0 Å². The van der Waals surface area contributed by atoms with Gasteiger partial charge >= 0.3 is 0 Å². The SMILES string of the molecule is c1ccc(-c2ccc(-c3ccc(-c4ccc5c(c4)Oc4cccc6cccc-5c46)c4ccccc34)c3ccccc23)cc1. The van der Waals surface area contributed by atoms with E-state index in [9.17, 15) is 0 Å². The molecule has 0 bridgehead atoms. The van der Waals surface area contributed by atoms with Crippen molar-refractivity contribution in [1.29, 1.82) is 0 Å². The van der Waals surface area contributed by atoms with Gasteiger partial charge in [0.15, 0.2) is 0 Å². The lowest BCUT2D eigenvalue weighted by molar-refractivity contribution is 0.487. The van der Waals surface area contributed by atoms with Gasteiger partial charge in [0.25, 0.3) is 0 Å². The Labute approximate surface area is 250 Å². The minimum atomic E-state index is 0.902. The maximum Gasteiger partial charge on any atom is 0.135 e. The Morgan fingerprint density at radius 3 is 1.51 bits per heavy atom. The monoisotopic (exact) mass is 546 g/mol. The molecule has 0 amide bonds. The van der Waals surface area contributed by atoms with Gasteiger partial charge in [-0.25, -0.2) is 0 Å². The molecule has 1 aliphatic heterocycles. The smallest absolute Gasteiger partial charge is 0.135 e. The van der Waals surface area contributed by atoms with E-state index >= 15 is 0 Å². The topological polar surface area (TPSA) is 9.23 Å². The Bertz CT molecular complexity index is 2360. The van der Waals surface area contributed by atoms with Crippen LogP contribution < -0.4 is 4.74 Å². The molecule has 1 heteroatoms. The first-order valence-corrected chi connectivity index (χ1v) is 14.8. The van der Waals surface area contributed by atoms with Gasteiger partial charge in [-0.3, -0.25) is 0 Å². The second kappa shape index (κ2) is 9.44. The van der Waals surface area contributed by atoms with Crippen molar-refractivity contribution in [1.82, 2.24) is 0 Å². The highest BCUT2D eigenvalue weighted by Crippen LogP contribution is 2.48. The van der Waals surface area contributed by atoms with Gasteiger partial charge in [-0.05, 0) is 84.1 Å². The van der Waals surface area contributed by atoms with E-state index in [1.165, 1.54) is 65.7 Å². The van der Waals surface area contributed by atoms with E-state index in [0.717, 1.165) is 22.6 Å². The highest BCUT2D eigenvalue weighted by Gasteiger charge is 2.21. The molecule has 0 saturated carbocycles. The average molecular weight is 547 g/mol. The molecule has 9 rings (SSSR count). The predicted molar refractivity (Wildman–Crippen MR) is 181 cm³/mol. The zero-order chi connectivity index (χ0) is 28.3. The third-order valence-electron chi connectivity index (χ3n) is 8.89. The van der Waals surface area contributed by atoms with Gasteiger partial charge in [0.2, 0.25) is 0 Å². The van der Waals surface area contributed by atoms with Gasteiger partial charge < -0.3 is 4.74 Å². The highest BCUT2D eigenvalue weighted by molar-refractivity contribution is 6.12. The first kappa shape index (κ1) is 24.0. The van der Waals surface area contributed by atoms with Crippen molar-refractivity contribution < 1.29 is 4.74 Å². The Morgan fingerprint density at radius 1 is 0.302 bits per heavy atom. The number of hydrogen-bond acceptors (Lipinski definition) is 1. The normalized spacial score (nSPS) is 11.9. The standard InChI is InChI=1S/C42H26O/c1-2-10-27(11-3-1)30-22-24-36(34-16-6-4-14-32(30)34)37-25-23-31(33-15-5-7-17-35(33)37)29-20-21-38-39-18-8-12-28-13-9-19-40(42(28)39)43-41(38)26-29/h1-26H. The van der Waals surface area contributed by atoms with Crippen LogP contribution in [0, 0.1) is 0 Å². The molecule has 0 spiro atoms. The summed E-state index contributed by atoms with van der Waals surface area (Å²) < 4.78 is 6.51. The molecule has 0 aliphatic carbocycles. The largest absolute Gasteiger partial charge is 0.456 e. The molecule has 0 atom stereocenters. The van der Waals surface area contributed by atoms with Crippen LogP contribution in [0.1, 0.15) is 0 Å². The molecule has 0 saturated heterocycles. The van der Waals surface area contributed by atoms with E-state index in [-0.39, 0.29) is 0 Å². The first-order valence-electron chi connectivity index (χ1n) is 14.8. The third kappa shape index (κ3) is 3.72. The van der Waals surface area contributed by atoms with Gasteiger partial charge in [-0.15, -0.1) is 0 Å². The summed E-state index contributed by atoms with van der Waals surface area (Å²) in [6, 6.07) is 56.7. The number of ether oxygens (including phenoxy) is 1. The Hall–Kier alpha value is -5.66. The summed E-state index contributed by atoms with van der Waals surface area (Å²) in [7, 11) is 0. The summed E-state index contributed by atoms with van der Waals surface area (Å²) in [6.07, 6.45) is 0. The van der Waals surface area contributed by atoms with Crippen molar-refractivity contribution in [2.24, 2.45) is 0 Å². The molecule has 1 aliphatic rings. The predicted octanol–water partition coefficient (Wildman–Crippen LogP) is 11.9. The van der Waals surface area contributed by atoms with Crippen LogP contribution in [0.5, 0.6) is 11.5 Å². The van der Waals surface area contributed by atoms with Gasteiger partial charge in [0, 0.05) is 10.9 Å². The fourth-order valence-corrected chi connectivity index (χ4v) is 6.92. The van der Waals surface area contributed by atoms with E-state index in [2.05, 4.69) is 158 Å². The number of rotatable bonds is 3. The van der Waals surface area contributed by atoms with Crippen LogP contribution in [-0.2, 0) is 0 Å². The summed E-state index contributed by atoms with van der Waals surface area (Å²) in [4.78, 5) is 0. The average Bonchev–Trinajstić information content (AvgIpc) is 3.08. The fraction of sp³-hybridized carbons (Fsp3) is 0. The molecular weight excluding hydrogens is 520 g/mol. The highest BCUT2D eigenvalue weighted by atomic mass is 16.5. The number of fused-ring (bicyclic) bond motifs is 4. The van der Waals surface area contributed by atoms with E-state index < -0.39 is 0 Å². The lowest BCUT2D eigenvalue weighted by Gasteiger charge is -2.22. The molecule has 0 N–H and O–H groups in total. The maximum absolute atomic E-state index is 6.51. The zero-order valence-electron chi connectivity index (χ0n) is 23.4. The van der Waals surface area contributed by atoms with Crippen LogP contribution in [0.15, 0.2) is 158 Å². The van der Waals surface area contributed by atoms with E-state index in [0.29, 0.717) is 0 Å². The van der Waals surface area contributed by atoms with E-state index in [4.69, 9.17) is 4.74 Å². The lowest BCUT2D eigenvalue weighted by atomic mass is 9.87. The van der Waals surface area contributed by atoms with E-state index in [1.807, 2.05) is 0 Å². The second-order valence-electron chi connectivity index (χ2n) is 11.3. The fourth-order valence-electron chi connectivity index (χ4n) is 6.92. The van der Waals surface area contributed by atoms with Crippen molar-refractivity contribution in [2.75, 3.05) is 0 Å². The third-order valence-corrected chi connectivity index (χ3v) is 8.89. The Morgan fingerprint density at radius 2 is 0.837 bits per heavy atom. The Balaban J connectivity index is 1.21. The van der Waals surface area contributed by atoms with Gasteiger partial charge in [-0.2, -0.15) is 0 Å². The van der Waals surface area contributed by atoms with Gasteiger partial charge in [-0.1, -0.05) is 140 Å². The van der Waals surface area contributed by atoms with Crippen molar-refractivity contribution in [3.05, 3.63) is 158 Å². The maximum atomic E-state index is 6.51. The molecule has 0 radical (unpaired) electrons. The van der Waals surface area contributed by atoms with Gasteiger partial charge in [0.05, 0.1) is 0 Å². The van der Waals surface area contributed by atoms with Crippen molar-refractivity contribution in [3.8, 4) is 56.0 Å². The van der Waals surface area contributed by atoms with E-state index in [1.54, 1.807) is 0 Å². The molecule has 0 fully saturated rings. The second-order valence-corrected chi connectivity index (χ2v) is 11.3. The Kier molecular flexibility index (Phi) is 5.27. The quantitative estimate of drug-likeness (QED) is 0.214. The molecule has 1 nitrogen and oxygen atoms in total. The minimum Gasteiger partial charge on any atom is -0.456 e. The van der Waals surface area contributed by atoms with Crippen LogP contribution in [0.3, 0.4) is 0 Å². The van der Waals surface area contributed by atoms with Crippen LogP contribution in [-0.4, -0.2) is 0 Å². The molecule has 1 heterocycles. The zero-order valence-corrected chi connectivity index (χ0v) is 23.4. The molecule has 0 unspecified atom stereocenters. The molecular formula is C42H26O. The summed E-state index contributed by atoms with van der Waals surface area (Å²) in [6.45, 7) is 0. The summed E-state index contributed by atoms with van der Waals surface area (Å²) in [5.41, 5.74) is 9.70. The summed E-state index contributed by atoms with van der Waals surface area (Å²) in [5.74, 6) is 1.82. The minimum absolute atomic E-state index is 0.902. The number of hydrogen-bond donors (Lipinski definition) is 0. The molecule has 8 aromatic rings. The van der Waals surface area contributed by atoms with Crippen molar-refractivity contribution in [3.63, 3.8) is 0 Å². The number of benzene rings is 8. The van der Waals surface area contributed by atoms with Crippen LogP contribution in [0.2, 0.25) is 0 Å². The first-order chi connectivity index (χ1) is 21.3. The molecule has 43 heavy (non-hydrogen) atoms. The summed E-state index contributed by atoms with van der Waals surface area (Å²) in [5, 5.41) is 7.39. The van der Waals surface area contributed by atoms with Crippen LogP contribution >= 0.6 is 0 Å². The van der Waals surface area contributed by atoms with Crippen LogP contribution in [0.4, 0.5) is 0 Å². The van der Waals surface area contributed by atoms with Gasteiger partial charge in [0.1, 0.15) is 11.5 Å². The molecule has 200 valence electrons. The molecule has 8 aromatic carbocycles. The van der Waals surface area contributed by atoms with Crippen LogP contribution in [0.25, 0.3) is 76.8 Å². The molecule has 0 aromatic heterocycles.